The molecule has 0 atom stereocenters. The van der Waals surface area contributed by atoms with Crippen LogP contribution >= 0.6 is 39.1 Å². The van der Waals surface area contributed by atoms with Crippen LogP contribution in [0.4, 0.5) is 0 Å². The van der Waals surface area contributed by atoms with E-state index < -0.39 is 7.12 Å². The largest absolute Gasteiger partial charge is 0.632 e. The summed E-state index contributed by atoms with van der Waals surface area (Å²) in [4.78, 5) is 0. The summed E-state index contributed by atoms with van der Waals surface area (Å²) >= 11 is 15.3. The van der Waals surface area contributed by atoms with Gasteiger partial charge in [0.15, 0.2) is 0 Å². The topological polar surface area (TPSA) is 18.5 Å². The van der Waals surface area contributed by atoms with Crippen molar-refractivity contribution in [2.24, 2.45) is 0 Å². The Balaban J connectivity index is 1.91. The monoisotopic (exact) mass is 342 g/mol. The summed E-state index contributed by atoms with van der Waals surface area (Å²) in [6.07, 6.45) is 0. The van der Waals surface area contributed by atoms with Crippen LogP contribution in [0.15, 0.2) is 40.9 Å². The van der Waals surface area contributed by atoms with Gasteiger partial charge in [-0.15, -0.1) is 0 Å². The van der Waals surface area contributed by atoms with E-state index in [2.05, 4.69) is 15.9 Å². The molecule has 3 rings (SSSR count). The summed E-state index contributed by atoms with van der Waals surface area (Å²) in [5.74, 6) is 1.22. The minimum atomic E-state index is -0.456. The minimum absolute atomic E-state index is 0.454. The molecule has 0 saturated heterocycles. The maximum Gasteiger partial charge on any atom is 0.632 e. The van der Waals surface area contributed by atoms with Crippen molar-refractivity contribution >= 4 is 51.7 Å². The van der Waals surface area contributed by atoms with Crippen LogP contribution in [0.3, 0.4) is 0 Å². The van der Waals surface area contributed by atoms with Crippen LogP contribution in [0.1, 0.15) is 0 Å². The Morgan fingerprint density at radius 3 is 1.89 bits per heavy atom. The van der Waals surface area contributed by atoms with Gasteiger partial charge in [-0.1, -0.05) is 51.3 Å². The van der Waals surface area contributed by atoms with Gasteiger partial charge in [-0.05, 0) is 12.1 Å². The van der Waals surface area contributed by atoms with Crippen molar-refractivity contribution in [1.29, 1.82) is 0 Å². The molecule has 0 unspecified atom stereocenters. The SMILES string of the molecule is Clc1cc2c(cc1Cl)OB(c1ccc(Br)cc1)O2. The van der Waals surface area contributed by atoms with E-state index in [0.29, 0.717) is 21.5 Å². The average Bonchev–Trinajstić information content (AvgIpc) is 2.73. The van der Waals surface area contributed by atoms with E-state index in [-0.39, 0.29) is 0 Å². The predicted octanol–water partition coefficient (Wildman–Crippen LogP) is 3.92. The van der Waals surface area contributed by atoms with Gasteiger partial charge in [-0.3, -0.25) is 0 Å². The third-order valence-electron chi connectivity index (χ3n) is 2.60. The molecule has 0 saturated carbocycles. The molecule has 0 spiro atoms. The second-order valence-electron chi connectivity index (χ2n) is 3.83. The second kappa shape index (κ2) is 4.69. The van der Waals surface area contributed by atoms with Crippen LogP contribution < -0.4 is 14.8 Å². The fraction of sp³-hybridized carbons (Fsp3) is 0. The van der Waals surface area contributed by atoms with Crippen LogP contribution in [0.5, 0.6) is 11.5 Å². The number of halogens is 3. The highest BCUT2D eigenvalue weighted by Crippen LogP contribution is 2.39. The maximum atomic E-state index is 5.93. The van der Waals surface area contributed by atoms with Crippen molar-refractivity contribution < 1.29 is 9.31 Å². The van der Waals surface area contributed by atoms with Crippen molar-refractivity contribution in [3.63, 3.8) is 0 Å². The highest BCUT2D eigenvalue weighted by molar-refractivity contribution is 9.10. The fourth-order valence-corrected chi connectivity index (χ4v) is 2.28. The highest BCUT2D eigenvalue weighted by atomic mass is 79.9. The molecule has 18 heavy (non-hydrogen) atoms. The molecule has 1 aliphatic rings. The minimum Gasteiger partial charge on any atom is -0.519 e. The molecule has 0 aromatic heterocycles. The first-order chi connectivity index (χ1) is 8.63. The van der Waals surface area contributed by atoms with E-state index in [4.69, 9.17) is 32.5 Å². The summed E-state index contributed by atoms with van der Waals surface area (Å²) in [6, 6.07) is 11.1. The smallest absolute Gasteiger partial charge is 0.519 e. The molecule has 2 nitrogen and oxygen atoms in total. The first-order valence-corrected chi connectivity index (χ1v) is 6.76. The number of hydrogen-bond acceptors (Lipinski definition) is 2. The molecule has 6 heteroatoms. The van der Waals surface area contributed by atoms with E-state index in [1.54, 1.807) is 12.1 Å². The van der Waals surface area contributed by atoms with Gasteiger partial charge in [0.1, 0.15) is 11.5 Å². The fourth-order valence-electron chi connectivity index (χ4n) is 1.71. The molecule has 0 aliphatic carbocycles. The van der Waals surface area contributed by atoms with Gasteiger partial charge < -0.3 is 9.31 Å². The lowest BCUT2D eigenvalue weighted by molar-refractivity contribution is 0.519. The van der Waals surface area contributed by atoms with Gasteiger partial charge in [0.25, 0.3) is 0 Å². The third-order valence-corrected chi connectivity index (χ3v) is 3.85. The van der Waals surface area contributed by atoms with Gasteiger partial charge in [0, 0.05) is 22.1 Å². The molecule has 1 heterocycles. The molecule has 2 aromatic rings. The molecular formula is C12H6BBrCl2O2. The van der Waals surface area contributed by atoms with Gasteiger partial charge in [0.2, 0.25) is 0 Å². The number of fused-ring (bicyclic) bond motifs is 1. The average molecular weight is 344 g/mol. The van der Waals surface area contributed by atoms with Gasteiger partial charge in [0.05, 0.1) is 10.0 Å². The Hall–Kier alpha value is -0.835. The zero-order valence-electron chi connectivity index (χ0n) is 8.99. The van der Waals surface area contributed by atoms with Crippen LogP contribution in [0.25, 0.3) is 0 Å². The first-order valence-electron chi connectivity index (χ1n) is 5.21. The summed E-state index contributed by atoms with van der Waals surface area (Å²) < 4.78 is 12.4. The lowest BCUT2D eigenvalue weighted by Crippen LogP contribution is -2.38. The van der Waals surface area contributed by atoms with Crippen LogP contribution in [0.2, 0.25) is 10.0 Å². The zero-order chi connectivity index (χ0) is 12.7. The van der Waals surface area contributed by atoms with E-state index in [0.717, 1.165) is 9.94 Å². The maximum absolute atomic E-state index is 5.93. The molecular weight excluding hydrogens is 338 g/mol. The Morgan fingerprint density at radius 1 is 0.889 bits per heavy atom. The van der Waals surface area contributed by atoms with Crippen LogP contribution in [-0.2, 0) is 0 Å². The van der Waals surface area contributed by atoms with Crippen molar-refractivity contribution in [3.8, 4) is 11.5 Å². The Morgan fingerprint density at radius 2 is 1.39 bits per heavy atom. The van der Waals surface area contributed by atoms with Crippen molar-refractivity contribution in [1.82, 2.24) is 0 Å². The summed E-state index contributed by atoms with van der Waals surface area (Å²) in [5, 5.41) is 0.908. The number of hydrogen-bond donors (Lipinski definition) is 0. The number of benzene rings is 2. The summed E-state index contributed by atoms with van der Waals surface area (Å²) in [7, 11) is -0.456. The second-order valence-corrected chi connectivity index (χ2v) is 5.56. The lowest BCUT2D eigenvalue weighted by atomic mass is 9.79. The molecule has 0 radical (unpaired) electrons. The van der Waals surface area contributed by atoms with Crippen LogP contribution in [-0.4, -0.2) is 7.12 Å². The zero-order valence-corrected chi connectivity index (χ0v) is 12.1. The van der Waals surface area contributed by atoms with E-state index in [1.165, 1.54) is 0 Å². The van der Waals surface area contributed by atoms with Gasteiger partial charge in [-0.2, -0.15) is 0 Å². The number of rotatable bonds is 1. The van der Waals surface area contributed by atoms with Gasteiger partial charge in [-0.25, -0.2) is 0 Å². The Bertz CT molecular complexity index is 573. The van der Waals surface area contributed by atoms with Crippen LogP contribution in [0, 0.1) is 0 Å². The highest BCUT2D eigenvalue weighted by Gasteiger charge is 2.34. The van der Waals surface area contributed by atoms with Crippen molar-refractivity contribution in [2.75, 3.05) is 0 Å². The van der Waals surface area contributed by atoms with E-state index in [1.807, 2.05) is 24.3 Å². The molecule has 2 aromatic carbocycles. The Kier molecular flexibility index (Phi) is 3.18. The van der Waals surface area contributed by atoms with Gasteiger partial charge >= 0.3 is 7.12 Å². The summed E-state index contributed by atoms with van der Waals surface area (Å²) in [5.41, 5.74) is 0.932. The lowest BCUT2D eigenvalue weighted by Gasteiger charge is -2.04. The van der Waals surface area contributed by atoms with Crippen molar-refractivity contribution in [2.45, 2.75) is 0 Å². The molecule has 90 valence electrons. The quantitative estimate of drug-likeness (QED) is 0.731. The van der Waals surface area contributed by atoms with E-state index in [9.17, 15) is 0 Å². The predicted molar refractivity (Wildman–Crippen MR) is 77.2 cm³/mol. The normalized spacial score (nSPS) is 12.9. The Labute approximate surface area is 123 Å². The first kappa shape index (κ1) is 12.2. The summed E-state index contributed by atoms with van der Waals surface area (Å²) in [6.45, 7) is 0. The standard InChI is InChI=1S/C12H6BBrCl2O2/c14-8-3-1-7(2-4-8)13-17-11-5-9(15)10(16)6-12(11)18-13/h1-6H. The third kappa shape index (κ3) is 2.20. The van der Waals surface area contributed by atoms with E-state index >= 15 is 0 Å². The molecule has 0 N–H and O–H groups in total. The molecule has 0 amide bonds. The molecule has 1 aliphatic heterocycles. The van der Waals surface area contributed by atoms with Crippen molar-refractivity contribution in [3.05, 3.63) is 50.9 Å². The molecule has 0 fully saturated rings. The molecule has 0 bridgehead atoms.